The smallest absolute Gasteiger partial charge is 0.251 e. The Morgan fingerprint density at radius 1 is 0.595 bits per heavy atom. The highest BCUT2D eigenvalue weighted by Crippen LogP contribution is 2.22. The molecule has 0 aromatic heterocycles. The summed E-state index contributed by atoms with van der Waals surface area (Å²) in [5, 5.41) is 5.82. The van der Waals surface area contributed by atoms with Gasteiger partial charge in [-0.05, 0) is 92.1 Å². The van der Waals surface area contributed by atoms with Crippen LogP contribution in [-0.2, 0) is 4.79 Å². The van der Waals surface area contributed by atoms with Crippen LogP contribution < -0.4 is 20.1 Å². The second-order valence-corrected chi connectivity index (χ2v) is 10.2. The fourth-order valence-electron chi connectivity index (χ4n) is 4.30. The molecule has 4 aromatic rings. The molecule has 0 heterocycles. The van der Waals surface area contributed by atoms with Crippen molar-refractivity contribution in [1.82, 2.24) is 10.6 Å². The SMILES string of the molecule is CC(C)C(=O)C(CCCCNC(=O)c1ccc(Oc2ccccc2)cc1)NC(=O)c1ccc(Oc2ccccc2)cc1. The fourth-order valence-corrected chi connectivity index (χ4v) is 4.30. The summed E-state index contributed by atoms with van der Waals surface area (Å²) in [5.41, 5.74) is 0.986. The lowest BCUT2D eigenvalue weighted by Crippen LogP contribution is -2.42. The molecular weight excluding hydrogens is 528 g/mol. The van der Waals surface area contributed by atoms with E-state index in [0.29, 0.717) is 54.2 Å². The summed E-state index contributed by atoms with van der Waals surface area (Å²) in [4.78, 5) is 38.4. The maximum Gasteiger partial charge on any atom is 0.251 e. The van der Waals surface area contributed by atoms with Crippen LogP contribution in [-0.4, -0.2) is 30.2 Å². The van der Waals surface area contributed by atoms with Crippen molar-refractivity contribution in [2.75, 3.05) is 6.54 Å². The standard InChI is InChI=1S/C35H36N2O5/c1-25(2)33(38)32(37-35(40)27-18-22-31(23-19-27)42-29-13-7-4-8-14-29)15-9-10-24-36-34(39)26-16-20-30(21-17-26)41-28-11-5-3-6-12-28/h3-8,11-14,16-23,25,32H,9-10,15,24H2,1-2H3,(H,36,39)(H,37,40). The lowest BCUT2D eigenvalue weighted by molar-refractivity contribution is -0.124. The second kappa shape index (κ2) is 15.2. The molecule has 7 heteroatoms. The van der Waals surface area contributed by atoms with Gasteiger partial charge in [-0.1, -0.05) is 50.2 Å². The van der Waals surface area contributed by atoms with Gasteiger partial charge < -0.3 is 20.1 Å². The van der Waals surface area contributed by atoms with Gasteiger partial charge in [0.1, 0.15) is 23.0 Å². The first-order valence-corrected chi connectivity index (χ1v) is 14.2. The minimum atomic E-state index is -0.606. The van der Waals surface area contributed by atoms with Crippen LogP contribution in [0.5, 0.6) is 23.0 Å². The Bertz CT molecular complexity index is 1440. The highest BCUT2D eigenvalue weighted by molar-refractivity contribution is 5.98. The van der Waals surface area contributed by atoms with Gasteiger partial charge in [-0.15, -0.1) is 0 Å². The van der Waals surface area contributed by atoms with Crippen molar-refractivity contribution >= 4 is 17.6 Å². The van der Waals surface area contributed by atoms with E-state index in [-0.39, 0.29) is 23.5 Å². The summed E-state index contributed by atoms with van der Waals surface area (Å²) in [5.74, 6) is 1.98. The number of rotatable bonds is 14. The molecule has 1 unspecified atom stereocenters. The Hall–Kier alpha value is -4.91. The van der Waals surface area contributed by atoms with Gasteiger partial charge >= 0.3 is 0 Å². The van der Waals surface area contributed by atoms with Gasteiger partial charge in [0.25, 0.3) is 11.8 Å². The molecule has 0 bridgehead atoms. The summed E-state index contributed by atoms with van der Waals surface area (Å²) in [6, 6.07) is 32.0. The highest BCUT2D eigenvalue weighted by Gasteiger charge is 2.23. The third kappa shape index (κ3) is 9.06. The van der Waals surface area contributed by atoms with E-state index < -0.39 is 6.04 Å². The largest absolute Gasteiger partial charge is 0.457 e. The number of amides is 2. The number of hydrogen-bond acceptors (Lipinski definition) is 5. The number of carbonyl (C=O) groups is 3. The normalized spacial score (nSPS) is 11.4. The number of benzene rings is 4. The van der Waals surface area contributed by atoms with Gasteiger partial charge in [0, 0.05) is 23.6 Å². The van der Waals surface area contributed by atoms with Crippen molar-refractivity contribution < 1.29 is 23.9 Å². The second-order valence-electron chi connectivity index (χ2n) is 10.2. The summed E-state index contributed by atoms with van der Waals surface area (Å²) in [6.45, 7) is 4.11. The highest BCUT2D eigenvalue weighted by atomic mass is 16.5. The molecule has 0 saturated carbocycles. The van der Waals surface area contributed by atoms with Gasteiger partial charge in [0.15, 0.2) is 5.78 Å². The van der Waals surface area contributed by atoms with Crippen LogP contribution in [0.2, 0.25) is 0 Å². The van der Waals surface area contributed by atoms with E-state index in [1.807, 2.05) is 74.5 Å². The molecule has 2 amide bonds. The van der Waals surface area contributed by atoms with Crippen LogP contribution in [0.25, 0.3) is 0 Å². The summed E-state index contributed by atoms with van der Waals surface area (Å²) in [7, 11) is 0. The minimum Gasteiger partial charge on any atom is -0.457 e. The molecule has 4 rings (SSSR count). The Balaban J connectivity index is 1.22. The average Bonchev–Trinajstić information content (AvgIpc) is 3.01. The average molecular weight is 565 g/mol. The molecule has 1 atom stereocenters. The van der Waals surface area contributed by atoms with Gasteiger partial charge in [0.2, 0.25) is 0 Å². The number of carbonyl (C=O) groups excluding carboxylic acids is 3. The Morgan fingerprint density at radius 2 is 1.05 bits per heavy atom. The molecule has 7 nitrogen and oxygen atoms in total. The van der Waals surface area contributed by atoms with Crippen LogP contribution in [0.3, 0.4) is 0 Å². The van der Waals surface area contributed by atoms with Crippen LogP contribution in [0.4, 0.5) is 0 Å². The Morgan fingerprint density at radius 3 is 1.52 bits per heavy atom. The Labute approximate surface area is 246 Å². The molecule has 42 heavy (non-hydrogen) atoms. The molecule has 4 aromatic carbocycles. The first-order valence-electron chi connectivity index (χ1n) is 14.2. The van der Waals surface area contributed by atoms with E-state index in [4.69, 9.17) is 9.47 Å². The van der Waals surface area contributed by atoms with Crippen LogP contribution >= 0.6 is 0 Å². The number of nitrogens with one attached hydrogen (secondary N) is 2. The molecule has 0 aliphatic carbocycles. The minimum absolute atomic E-state index is 0.0192. The third-order valence-electron chi connectivity index (χ3n) is 6.61. The monoisotopic (exact) mass is 564 g/mol. The first kappa shape index (κ1) is 30.1. The van der Waals surface area contributed by atoms with E-state index in [1.165, 1.54) is 0 Å². The summed E-state index contributed by atoms with van der Waals surface area (Å²) < 4.78 is 11.6. The van der Waals surface area contributed by atoms with Crippen molar-refractivity contribution in [3.05, 3.63) is 120 Å². The Kier molecular flexibility index (Phi) is 10.9. The summed E-state index contributed by atoms with van der Waals surface area (Å²) >= 11 is 0. The van der Waals surface area contributed by atoms with Gasteiger partial charge in [-0.3, -0.25) is 14.4 Å². The number of hydrogen-bond donors (Lipinski definition) is 2. The number of ketones is 1. The molecule has 0 aliphatic rings. The number of Topliss-reactive ketones (excluding diaryl/α,β-unsaturated/α-hetero) is 1. The maximum absolute atomic E-state index is 12.9. The summed E-state index contributed by atoms with van der Waals surface area (Å²) in [6.07, 6.45) is 1.82. The van der Waals surface area contributed by atoms with Gasteiger partial charge in [0.05, 0.1) is 6.04 Å². The van der Waals surface area contributed by atoms with E-state index >= 15 is 0 Å². The zero-order chi connectivity index (χ0) is 29.7. The van der Waals surface area contributed by atoms with Crippen molar-refractivity contribution in [2.24, 2.45) is 5.92 Å². The predicted octanol–water partition coefficient (Wildman–Crippen LogP) is 7.20. The molecule has 0 radical (unpaired) electrons. The number of para-hydroxylation sites is 2. The van der Waals surface area contributed by atoms with E-state index in [1.54, 1.807) is 48.5 Å². The zero-order valence-corrected chi connectivity index (χ0v) is 23.9. The van der Waals surface area contributed by atoms with Crippen LogP contribution in [0.15, 0.2) is 109 Å². The van der Waals surface area contributed by atoms with Crippen molar-refractivity contribution in [3.63, 3.8) is 0 Å². The maximum atomic E-state index is 12.9. The third-order valence-corrected chi connectivity index (χ3v) is 6.61. The van der Waals surface area contributed by atoms with Crippen molar-refractivity contribution in [1.29, 1.82) is 0 Å². The molecular formula is C35H36N2O5. The van der Waals surface area contributed by atoms with Crippen molar-refractivity contribution in [2.45, 2.75) is 39.2 Å². The number of unbranched alkanes of at least 4 members (excludes halogenated alkanes) is 1. The van der Waals surface area contributed by atoms with Crippen LogP contribution in [0.1, 0.15) is 53.8 Å². The van der Waals surface area contributed by atoms with E-state index in [9.17, 15) is 14.4 Å². The molecule has 216 valence electrons. The molecule has 0 spiro atoms. The van der Waals surface area contributed by atoms with E-state index in [0.717, 1.165) is 5.75 Å². The number of ether oxygens (including phenoxy) is 2. The van der Waals surface area contributed by atoms with Crippen LogP contribution in [0, 0.1) is 5.92 Å². The fraction of sp³-hybridized carbons (Fsp3) is 0.229. The van der Waals surface area contributed by atoms with E-state index in [2.05, 4.69) is 10.6 Å². The van der Waals surface area contributed by atoms with Crippen molar-refractivity contribution in [3.8, 4) is 23.0 Å². The topological polar surface area (TPSA) is 93.7 Å². The lowest BCUT2D eigenvalue weighted by Gasteiger charge is -2.20. The zero-order valence-electron chi connectivity index (χ0n) is 23.9. The molecule has 0 aliphatic heterocycles. The molecule has 2 N–H and O–H groups in total. The molecule has 0 fully saturated rings. The molecule has 0 saturated heterocycles. The predicted molar refractivity (Wildman–Crippen MR) is 163 cm³/mol. The van der Waals surface area contributed by atoms with Gasteiger partial charge in [-0.25, -0.2) is 0 Å². The quantitative estimate of drug-likeness (QED) is 0.158. The van der Waals surface area contributed by atoms with Gasteiger partial charge in [-0.2, -0.15) is 0 Å². The lowest BCUT2D eigenvalue weighted by atomic mass is 9.96. The first-order chi connectivity index (χ1) is 20.4.